The normalized spacial score (nSPS) is 12.3. The van der Waals surface area contributed by atoms with Crippen LogP contribution in [0.2, 0.25) is 0 Å². The number of nitrogens with one attached hydrogen (secondary N) is 1. The Bertz CT molecular complexity index is 1300. The highest BCUT2D eigenvalue weighted by Crippen LogP contribution is 2.28. The number of hydrogen-bond acceptors (Lipinski definition) is 1. The topological polar surface area (TPSA) is 34.0 Å². The van der Waals surface area contributed by atoms with E-state index in [0.717, 1.165) is 17.5 Å². The van der Waals surface area contributed by atoms with Crippen LogP contribution < -0.4 is 5.32 Å². The highest BCUT2D eigenvalue weighted by Gasteiger charge is 2.16. The maximum Gasteiger partial charge on any atom is 0.251 e. The highest BCUT2D eigenvalue weighted by molar-refractivity contribution is 5.99. The minimum Gasteiger partial charge on any atom is -0.346 e. The van der Waals surface area contributed by atoms with E-state index in [9.17, 15) is 4.79 Å². The van der Waals surface area contributed by atoms with Crippen molar-refractivity contribution in [2.75, 3.05) is 0 Å². The number of amides is 1. The zero-order chi connectivity index (χ0) is 23.7. The second-order valence-electron chi connectivity index (χ2n) is 9.53. The fourth-order valence-electron chi connectivity index (χ4n) is 4.42. The van der Waals surface area contributed by atoms with E-state index in [1.807, 2.05) is 19.1 Å². The Labute approximate surface area is 197 Å². The van der Waals surface area contributed by atoms with Crippen LogP contribution >= 0.6 is 0 Å². The number of aryl methyl sites for hydroxylation is 2. The van der Waals surface area contributed by atoms with Crippen LogP contribution in [0.3, 0.4) is 0 Å². The van der Waals surface area contributed by atoms with Crippen LogP contribution in [0.4, 0.5) is 0 Å². The minimum atomic E-state index is -0.0548. The first-order chi connectivity index (χ1) is 15.7. The van der Waals surface area contributed by atoms with Crippen LogP contribution in [-0.2, 0) is 6.54 Å². The molecule has 33 heavy (non-hydrogen) atoms. The molecule has 0 saturated heterocycles. The van der Waals surface area contributed by atoms with Gasteiger partial charge in [0, 0.05) is 28.7 Å². The van der Waals surface area contributed by atoms with Gasteiger partial charge in [-0.25, -0.2) is 0 Å². The van der Waals surface area contributed by atoms with Crippen molar-refractivity contribution in [2.45, 2.75) is 60.0 Å². The predicted octanol–water partition coefficient (Wildman–Crippen LogP) is 7.23. The first kappa shape index (κ1) is 22.8. The maximum absolute atomic E-state index is 13.1. The van der Waals surface area contributed by atoms with Crippen molar-refractivity contribution in [3.05, 3.63) is 106 Å². The molecule has 4 rings (SSSR count). The van der Waals surface area contributed by atoms with Gasteiger partial charge in [0.05, 0.1) is 6.04 Å². The monoisotopic (exact) mass is 438 g/mol. The first-order valence-electron chi connectivity index (χ1n) is 11.8. The minimum absolute atomic E-state index is 0.0392. The van der Waals surface area contributed by atoms with Gasteiger partial charge in [-0.2, -0.15) is 0 Å². The molecule has 3 aromatic carbocycles. The third kappa shape index (κ3) is 4.73. The summed E-state index contributed by atoms with van der Waals surface area (Å²) < 4.78 is 2.34. The van der Waals surface area contributed by atoms with Crippen molar-refractivity contribution in [1.82, 2.24) is 9.88 Å². The Morgan fingerprint density at radius 1 is 0.879 bits per heavy atom. The maximum atomic E-state index is 13.1. The predicted molar refractivity (Wildman–Crippen MR) is 138 cm³/mol. The van der Waals surface area contributed by atoms with Crippen molar-refractivity contribution >= 4 is 16.8 Å². The summed E-state index contributed by atoms with van der Waals surface area (Å²) in [7, 11) is 0. The summed E-state index contributed by atoms with van der Waals surface area (Å²) in [6.07, 6.45) is 0. The van der Waals surface area contributed by atoms with Gasteiger partial charge in [0.25, 0.3) is 5.91 Å². The van der Waals surface area contributed by atoms with Crippen LogP contribution in [0.25, 0.3) is 10.9 Å². The van der Waals surface area contributed by atoms with Gasteiger partial charge in [0.15, 0.2) is 0 Å². The standard InChI is InChI=1S/C30H34N2O/c1-19(2)25-8-7-9-26(16-25)22(5)31-30(33)27-14-15-29-28(17-27)21(4)23(6)32(29)18-24-12-10-20(3)11-13-24/h7-17,19,22H,18H2,1-6H3,(H,31,33)/t22-/m0/s1. The van der Waals surface area contributed by atoms with E-state index in [2.05, 4.69) is 99.1 Å². The highest BCUT2D eigenvalue weighted by atomic mass is 16.1. The molecule has 0 saturated carbocycles. The molecule has 1 amide bonds. The Balaban J connectivity index is 1.59. The lowest BCUT2D eigenvalue weighted by Gasteiger charge is -2.16. The van der Waals surface area contributed by atoms with E-state index in [1.165, 1.54) is 33.5 Å². The summed E-state index contributed by atoms with van der Waals surface area (Å²) in [5.41, 5.74) is 9.30. The zero-order valence-electron chi connectivity index (χ0n) is 20.6. The van der Waals surface area contributed by atoms with E-state index >= 15 is 0 Å². The number of benzene rings is 3. The molecule has 4 aromatic rings. The van der Waals surface area contributed by atoms with Crippen LogP contribution in [0.1, 0.15) is 76.6 Å². The Morgan fingerprint density at radius 3 is 2.27 bits per heavy atom. The molecule has 0 aliphatic heterocycles. The van der Waals surface area contributed by atoms with Gasteiger partial charge in [0.1, 0.15) is 0 Å². The summed E-state index contributed by atoms with van der Waals surface area (Å²) in [5.74, 6) is 0.424. The van der Waals surface area contributed by atoms with Crippen molar-refractivity contribution in [1.29, 1.82) is 0 Å². The molecule has 1 N–H and O–H groups in total. The quantitative estimate of drug-likeness (QED) is 0.338. The lowest BCUT2D eigenvalue weighted by atomic mass is 9.98. The van der Waals surface area contributed by atoms with Gasteiger partial charge in [-0.05, 0) is 74.1 Å². The smallest absolute Gasteiger partial charge is 0.251 e. The molecule has 0 aliphatic carbocycles. The number of rotatable bonds is 6. The van der Waals surface area contributed by atoms with Crippen LogP contribution in [-0.4, -0.2) is 10.5 Å². The summed E-state index contributed by atoms with van der Waals surface area (Å²) in [4.78, 5) is 13.1. The molecule has 0 fully saturated rings. The van der Waals surface area contributed by atoms with Crippen LogP contribution in [0.15, 0.2) is 66.7 Å². The van der Waals surface area contributed by atoms with Crippen LogP contribution in [0, 0.1) is 20.8 Å². The van der Waals surface area contributed by atoms with E-state index in [1.54, 1.807) is 0 Å². The third-order valence-corrected chi connectivity index (χ3v) is 6.79. The molecule has 0 bridgehead atoms. The number of hydrogen-bond donors (Lipinski definition) is 1. The van der Waals surface area contributed by atoms with Crippen molar-refractivity contribution < 1.29 is 4.79 Å². The fraction of sp³-hybridized carbons (Fsp3) is 0.300. The van der Waals surface area contributed by atoms with E-state index in [4.69, 9.17) is 0 Å². The summed E-state index contributed by atoms with van der Waals surface area (Å²) in [5, 5.41) is 4.32. The SMILES string of the molecule is Cc1ccc(Cn2c(C)c(C)c3cc(C(=O)N[C@@H](C)c4cccc(C(C)C)c4)ccc32)cc1. The molecule has 0 aliphatic rings. The van der Waals surface area contributed by atoms with E-state index in [0.29, 0.717) is 11.5 Å². The lowest BCUT2D eigenvalue weighted by molar-refractivity contribution is 0.0940. The van der Waals surface area contributed by atoms with Gasteiger partial charge in [-0.3, -0.25) is 4.79 Å². The molecule has 3 nitrogen and oxygen atoms in total. The zero-order valence-corrected chi connectivity index (χ0v) is 20.6. The lowest BCUT2D eigenvalue weighted by Crippen LogP contribution is -2.26. The number of nitrogens with zero attached hydrogens (tertiary/aromatic N) is 1. The average molecular weight is 439 g/mol. The second kappa shape index (κ2) is 9.27. The van der Waals surface area contributed by atoms with E-state index < -0.39 is 0 Å². The molecule has 1 atom stereocenters. The van der Waals surface area contributed by atoms with Crippen molar-refractivity contribution in [2.24, 2.45) is 0 Å². The van der Waals surface area contributed by atoms with Crippen LogP contribution in [0.5, 0.6) is 0 Å². The van der Waals surface area contributed by atoms with Gasteiger partial charge in [-0.15, -0.1) is 0 Å². The summed E-state index contributed by atoms with van der Waals surface area (Å²) >= 11 is 0. The second-order valence-corrected chi connectivity index (χ2v) is 9.53. The summed E-state index contributed by atoms with van der Waals surface area (Å²) in [6.45, 7) is 13.7. The fourth-order valence-corrected chi connectivity index (χ4v) is 4.42. The number of carbonyl (C=O) groups excluding carboxylic acids is 1. The molecule has 0 unspecified atom stereocenters. The van der Waals surface area contributed by atoms with Gasteiger partial charge in [0.2, 0.25) is 0 Å². The van der Waals surface area contributed by atoms with Gasteiger partial charge >= 0.3 is 0 Å². The number of carbonyl (C=O) groups is 1. The Hall–Kier alpha value is -3.33. The number of fused-ring (bicyclic) bond motifs is 1. The molecule has 0 radical (unpaired) electrons. The first-order valence-corrected chi connectivity index (χ1v) is 11.8. The molecular weight excluding hydrogens is 404 g/mol. The van der Waals surface area contributed by atoms with Gasteiger partial charge < -0.3 is 9.88 Å². The average Bonchev–Trinajstić information content (AvgIpc) is 3.04. The molecule has 0 spiro atoms. The molecule has 170 valence electrons. The van der Waals surface area contributed by atoms with Gasteiger partial charge in [-0.1, -0.05) is 67.9 Å². The van der Waals surface area contributed by atoms with E-state index in [-0.39, 0.29) is 11.9 Å². The van der Waals surface area contributed by atoms with Crippen molar-refractivity contribution in [3.8, 4) is 0 Å². The molecule has 1 aromatic heterocycles. The molecule has 1 heterocycles. The molecular formula is C30H34N2O. The largest absolute Gasteiger partial charge is 0.346 e. The Kier molecular flexibility index (Phi) is 6.42. The van der Waals surface area contributed by atoms with Crippen molar-refractivity contribution in [3.63, 3.8) is 0 Å². The molecule has 3 heteroatoms. The number of aromatic nitrogens is 1. The third-order valence-electron chi connectivity index (χ3n) is 6.79. The summed E-state index contributed by atoms with van der Waals surface area (Å²) in [6, 6.07) is 23.2. The Morgan fingerprint density at radius 2 is 1.58 bits per heavy atom.